The zero-order chi connectivity index (χ0) is 18.8. The molecule has 1 aromatic carbocycles. The number of pyridine rings is 1. The Balaban J connectivity index is 1.58. The summed E-state index contributed by atoms with van der Waals surface area (Å²) in [6, 6.07) is 9.35. The zero-order valence-electron chi connectivity index (χ0n) is 14.3. The van der Waals surface area contributed by atoms with E-state index in [4.69, 9.17) is 38.7 Å². The summed E-state index contributed by atoms with van der Waals surface area (Å²) in [6.45, 7) is 2.61. The number of fused-ring (bicyclic) bond motifs is 1. The maximum absolute atomic E-state index is 6.26. The molecule has 1 aliphatic rings. The van der Waals surface area contributed by atoms with E-state index in [9.17, 15) is 0 Å². The predicted octanol–water partition coefficient (Wildman–Crippen LogP) is 3.65. The van der Waals surface area contributed by atoms with Crippen molar-refractivity contribution in [2.75, 3.05) is 31.1 Å². The third-order valence-corrected chi connectivity index (χ3v) is 6.15. The average molecular weight is 422 g/mol. The minimum atomic E-state index is 0.0237. The first-order valence-electron chi connectivity index (χ1n) is 8.46. The summed E-state index contributed by atoms with van der Waals surface area (Å²) in [6.07, 6.45) is 1.77. The van der Waals surface area contributed by atoms with Crippen molar-refractivity contribution >= 4 is 51.9 Å². The highest BCUT2D eigenvalue weighted by molar-refractivity contribution is 7.99. The van der Waals surface area contributed by atoms with Gasteiger partial charge >= 0.3 is 0 Å². The molecule has 4 rings (SSSR count). The number of morpholine rings is 1. The standard InChI is InChI=1S/C18H17Cl2N5OS/c19-12-2-1-3-14(17(12)20)27-16-5-4-13-18(24-16)22-9-15(23-13)25-6-7-26-11(8-21)10-25/h1-5,9,11H,6-8,10,21H2. The molecular weight excluding hydrogens is 405 g/mol. The first-order chi connectivity index (χ1) is 13.1. The van der Waals surface area contributed by atoms with Crippen LogP contribution in [-0.4, -0.2) is 47.3 Å². The Morgan fingerprint density at radius 1 is 1.22 bits per heavy atom. The Morgan fingerprint density at radius 2 is 2.11 bits per heavy atom. The van der Waals surface area contributed by atoms with Crippen LogP contribution >= 0.6 is 35.0 Å². The lowest BCUT2D eigenvalue weighted by Gasteiger charge is -2.32. The molecule has 1 saturated heterocycles. The van der Waals surface area contributed by atoms with Crippen molar-refractivity contribution in [1.82, 2.24) is 15.0 Å². The van der Waals surface area contributed by atoms with Crippen molar-refractivity contribution in [3.63, 3.8) is 0 Å². The molecule has 1 unspecified atom stereocenters. The lowest BCUT2D eigenvalue weighted by molar-refractivity contribution is 0.0463. The molecule has 1 fully saturated rings. The van der Waals surface area contributed by atoms with Crippen LogP contribution in [0.15, 0.2) is 46.5 Å². The molecule has 27 heavy (non-hydrogen) atoms. The molecule has 3 aromatic rings. The molecule has 6 nitrogen and oxygen atoms in total. The van der Waals surface area contributed by atoms with E-state index in [-0.39, 0.29) is 6.10 Å². The Hall–Kier alpha value is -1.64. The lowest BCUT2D eigenvalue weighted by atomic mass is 10.2. The van der Waals surface area contributed by atoms with E-state index < -0.39 is 0 Å². The summed E-state index contributed by atoms with van der Waals surface area (Å²) in [7, 11) is 0. The fourth-order valence-corrected chi connectivity index (χ4v) is 4.14. The third kappa shape index (κ3) is 4.12. The molecule has 0 saturated carbocycles. The smallest absolute Gasteiger partial charge is 0.179 e. The van der Waals surface area contributed by atoms with Crippen molar-refractivity contribution in [2.24, 2.45) is 5.73 Å². The SMILES string of the molecule is NCC1CN(c2cnc3nc(Sc4cccc(Cl)c4Cl)ccc3n2)CCO1. The molecule has 1 aliphatic heterocycles. The summed E-state index contributed by atoms with van der Waals surface area (Å²) in [5.74, 6) is 0.810. The summed E-state index contributed by atoms with van der Waals surface area (Å²) in [5.41, 5.74) is 7.05. The summed E-state index contributed by atoms with van der Waals surface area (Å²) >= 11 is 13.8. The lowest BCUT2D eigenvalue weighted by Crippen LogP contribution is -2.46. The van der Waals surface area contributed by atoms with Gasteiger partial charge in [-0.05, 0) is 24.3 Å². The number of nitrogens with two attached hydrogens (primary N) is 1. The van der Waals surface area contributed by atoms with Gasteiger partial charge < -0.3 is 15.4 Å². The van der Waals surface area contributed by atoms with Gasteiger partial charge in [0, 0.05) is 24.5 Å². The second-order valence-electron chi connectivity index (χ2n) is 6.05. The molecular formula is C18H17Cl2N5OS. The van der Waals surface area contributed by atoms with E-state index in [0.717, 1.165) is 27.8 Å². The molecule has 0 bridgehead atoms. The van der Waals surface area contributed by atoms with Crippen molar-refractivity contribution in [3.05, 3.63) is 46.6 Å². The van der Waals surface area contributed by atoms with Gasteiger partial charge in [-0.2, -0.15) is 0 Å². The second kappa shape index (κ2) is 8.16. The largest absolute Gasteiger partial charge is 0.373 e. The van der Waals surface area contributed by atoms with Crippen LogP contribution in [-0.2, 0) is 4.74 Å². The van der Waals surface area contributed by atoms with Crippen LogP contribution < -0.4 is 10.6 Å². The molecule has 140 valence electrons. The normalized spacial score (nSPS) is 17.4. The number of hydrogen-bond donors (Lipinski definition) is 1. The molecule has 1 atom stereocenters. The van der Waals surface area contributed by atoms with E-state index in [2.05, 4.69) is 14.9 Å². The fourth-order valence-electron chi connectivity index (χ4n) is 2.83. The van der Waals surface area contributed by atoms with E-state index >= 15 is 0 Å². The van der Waals surface area contributed by atoms with Crippen LogP contribution in [0.2, 0.25) is 10.0 Å². The van der Waals surface area contributed by atoms with E-state index in [1.165, 1.54) is 11.8 Å². The number of aromatic nitrogens is 3. The van der Waals surface area contributed by atoms with Crippen molar-refractivity contribution in [3.8, 4) is 0 Å². The van der Waals surface area contributed by atoms with Crippen LogP contribution in [0.25, 0.3) is 11.2 Å². The molecule has 3 heterocycles. The molecule has 9 heteroatoms. The minimum absolute atomic E-state index is 0.0237. The van der Waals surface area contributed by atoms with Gasteiger partial charge in [0.1, 0.15) is 16.4 Å². The first-order valence-corrected chi connectivity index (χ1v) is 10.0. The quantitative estimate of drug-likeness (QED) is 0.688. The van der Waals surface area contributed by atoms with Gasteiger partial charge in [0.15, 0.2) is 5.65 Å². The van der Waals surface area contributed by atoms with E-state index in [1.54, 1.807) is 12.3 Å². The van der Waals surface area contributed by atoms with Crippen LogP contribution in [0.3, 0.4) is 0 Å². The number of nitrogens with zero attached hydrogens (tertiary/aromatic N) is 4. The number of anilines is 1. The second-order valence-corrected chi connectivity index (χ2v) is 7.90. The Bertz CT molecular complexity index is 974. The number of hydrogen-bond acceptors (Lipinski definition) is 7. The number of rotatable bonds is 4. The maximum atomic E-state index is 6.26. The van der Waals surface area contributed by atoms with E-state index in [1.807, 2.05) is 24.3 Å². The first kappa shape index (κ1) is 18.7. The number of ether oxygens (including phenoxy) is 1. The van der Waals surface area contributed by atoms with Crippen molar-refractivity contribution in [2.45, 2.75) is 16.0 Å². The molecule has 0 spiro atoms. The average Bonchev–Trinajstić information content (AvgIpc) is 2.71. The van der Waals surface area contributed by atoms with Crippen LogP contribution in [0.1, 0.15) is 0 Å². The van der Waals surface area contributed by atoms with Gasteiger partial charge in [0.05, 0.1) is 29.0 Å². The Labute approximate surface area is 171 Å². The fraction of sp³-hybridized carbons (Fsp3) is 0.278. The molecule has 0 amide bonds. The molecule has 2 N–H and O–H groups in total. The van der Waals surface area contributed by atoms with Crippen molar-refractivity contribution in [1.29, 1.82) is 0 Å². The van der Waals surface area contributed by atoms with Gasteiger partial charge in [-0.3, -0.25) is 0 Å². The molecule has 0 radical (unpaired) electrons. The van der Waals surface area contributed by atoms with Crippen LogP contribution in [0.4, 0.5) is 5.82 Å². The highest BCUT2D eigenvalue weighted by Crippen LogP contribution is 2.36. The van der Waals surface area contributed by atoms with Gasteiger partial charge in [0.2, 0.25) is 0 Å². The van der Waals surface area contributed by atoms with Crippen LogP contribution in [0, 0.1) is 0 Å². The Kier molecular flexibility index (Phi) is 5.66. The topological polar surface area (TPSA) is 77.2 Å². The third-order valence-electron chi connectivity index (χ3n) is 4.22. The Morgan fingerprint density at radius 3 is 2.96 bits per heavy atom. The monoisotopic (exact) mass is 421 g/mol. The van der Waals surface area contributed by atoms with Crippen LogP contribution in [0.5, 0.6) is 0 Å². The molecule has 0 aliphatic carbocycles. The van der Waals surface area contributed by atoms with E-state index in [0.29, 0.717) is 35.4 Å². The maximum Gasteiger partial charge on any atom is 0.179 e. The summed E-state index contributed by atoms with van der Waals surface area (Å²) < 4.78 is 5.61. The highest BCUT2D eigenvalue weighted by Gasteiger charge is 2.21. The van der Waals surface area contributed by atoms with Gasteiger partial charge in [0.25, 0.3) is 0 Å². The van der Waals surface area contributed by atoms with Gasteiger partial charge in [-0.25, -0.2) is 15.0 Å². The number of benzene rings is 1. The summed E-state index contributed by atoms with van der Waals surface area (Å²) in [5, 5.41) is 1.82. The number of halogens is 2. The summed E-state index contributed by atoms with van der Waals surface area (Å²) in [4.78, 5) is 16.8. The van der Waals surface area contributed by atoms with Crippen molar-refractivity contribution < 1.29 is 4.74 Å². The molecule has 2 aromatic heterocycles. The minimum Gasteiger partial charge on any atom is -0.373 e. The predicted molar refractivity (Wildman–Crippen MR) is 109 cm³/mol. The zero-order valence-corrected chi connectivity index (χ0v) is 16.6. The van der Waals surface area contributed by atoms with Gasteiger partial charge in [-0.1, -0.05) is 41.0 Å². The van der Waals surface area contributed by atoms with Gasteiger partial charge in [-0.15, -0.1) is 0 Å². The highest BCUT2D eigenvalue weighted by atomic mass is 35.5.